The molecule has 0 aliphatic carbocycles. The number of hydrogen-bond acceptors (Lipinski definition) is 2. The minimum absolute atomic E-state index is 0.0474. The van der Waals surface area contributed by atoms with Crippen LogP contribution in [0.1, 0.15) is 47.2 Å². The van der Waals surface area contributed by atoms with Gasteiger partial charge in [0.05, 0.1) is 6.42 Å². The van der Waals surface area contributed by atoms with E-state index in [0.717, 1.165) is 12.0 Å². The van der Waals surface area contributed by atoms with Crippen LogP contribution in [-0.4, -0.2) is 16.9 Å². The molecule has 0 bridgehead atoms. The van der Waals surface area contributed by atoms with Crippen molar-refractivity contribution in [3.63, 3.8) is 0 Å². The first-order valence-electron chi connectivity index (χ1n) is 7.59. The summed E-state index contributed by atoms with van der Waals surface area (Å²) < 4.78 is 0. The summed E-state index contributed by atoms with van der Waals surface area (Å²) in [5.74, 6) is -1.32. The van der Waals surface area contributed by atoms with Crippen LogP contribution in [0, 0.1) is 0 Å². The second-order valence-electron chi connectivity index (χ2n) is 5.52. The molecule has 4 heteroatoms. The van der Waals surface area contributed by atoms with Gasteiger partial charge in [0.2, 0.25) is 0 Å². The molecule has 0 saturated heterocycles. The number of Topliss-reactive ketones (excluding diaryl/α,β-unsaturated/α-hetero) is 1. The first-order valence-corrected chi connectivity index (χ1v) is 7.96. The van der Waals surface area contributed by atoms with E-state index >= 15 is 0 Å². The van der Waals surface area contributed by atoms with Gasteiger partial charge in [-0.2, -0.15) is 0 Å². The van der Waals surface area contributed by atoms with E-state index in [9.17, 15) is 9.59 Å². The third kappa shape index (κ3) is 4.93. The van der Waals surface area contributed by atoms with Crippen LogP contribution < -0.4 is 0 Å². The van der Waals surface area contributed by atoms with Crippen molar-refractivity contribution in [1.29, 1.82) is 0 Å². The van der Waals surface area contributed by atoms with Crippen LogP contribution in [-0.2, 0) is 11.2 Å². The Morgan fingerprint density at radius 2 is 1.61 bits per heavy atom. The van der Waals surface area contributed by atoms with Gasteiger partial charge in [-0.25, -0.2) is 0 Å². The normalized spacial score (nSPS) is 11.9. The summed E-state index contributed by atoms with van der Waals surface area (Å²) in [5, 5.41) is 9.70. The maximum atomic E-state index is 12.5. The Hall–Kier alpha value is -2.13. The SMILES string of the molecule is CCc1ccc(C(=O)CC(CC(=O)O)c2ccc(Cl)cc2)cc1. The van der Waals surface area contributed by atoms with Crippen LogP contribution in [0.2, 0.25) is 5.02 Å². The Morgan fingerprint density at radius 3 is 2.13 bits per heavy atom. The van der Waals surface area contributed by atoms with Gasteiger partial charge in [-0.3, -0.25) is 9.59 Å². The highest BCUT2D eigenvalue weighted by Gasteiger charge is 2.20. The topological polar surface area (TPSA) is 54.4 Å². The van der Waals surface area contributed by atoms with Crippen LogP contribution in [0.4, 0.5) is 0 Å². The highest BCUT2D eigenvalue weighted by Crippen LogP contribution is 2.27. The molecular weight excluding hydrogens is 312 g/mol. The van der Waals surface area contributed by atoms with Gasteiger partial charge in [0.15, 0.2) is 5.78 Å². The van der Waals surface area contributed by atoms with Crippen LogP contribution in [0.15, 0.2) is 48.5 Å². The maximum absolute atomic E-state index is 12.5. The smallest absolute Gasteiger partial charge is 0.303 e. The number of aliphatic carboxylic acids is 1. The van der Waals surface area contributed by atoms with Crippen molar-refractivity contribution in [1.82, 2.24) is 0 Å². The minimum Gasteiger partial charge on any atom is -0.481 e. The third-order valence-corrected chi connectivity index (χ3v) is 4.13. The van der Waals surface area contributed by atoms with Crippen LogP contribution in [0.3, 0.4) is 0 Å². The molecule has 0 aliphatic heterocycles. The van der Waals surface area contributed by atoms with Gasteiger partial charge < -0.3 is 5.11 Å². The molecule has 0 radical (unpaired) electrons. The lowest BCUT2D eigenvalue weighted by Gasteiger charge is -2.15. The number of carbonyl (C=O) groups excluding carboxylic acids is 1. The van der Waals surface area contributed by atoms with Crippen molar-refractivity contribution in [3.05, 3.63) is 70.2 Å². The van der Waals surface area contributed by atoms with E-state index in [4.69, 9.17) is 16.7 Å². The number of carbonyl (C=O) groups is 2. The molecular formula is C19H19ClO3. The molecule has 0 aromatic heterocycles. The Morgan fingerprint density at radius 1 is 1.00 bits per heavy atom. The number of rotatable bonds is 7. The largest absolute Gasteiger partial charge is 0.481 e. The minimum atomic E-state index is -0.918. The zero-order chi connectivity index (χ0) is 16.8. The number of halogens is 1. The summed E-state index contributed by atoms with van der Waals surface area (Å²) in [6.07, 6.45) is 1.00. The Balaban J connectivity index is 2.17. The van der Waals surface area contributed by atoms with Crippen molar-refractivity contribution < 1.29 is 14.7 Å². The van der Waals surface area contributed by atoms with Crippen LogP contribution in [0.25, 0.3) is 0 Å². The van der Waals surface area contributed by atoms with Gasteiger partial charge in [0.25, 0.3) is 0 Å². The van der Waals surface area contributed by atoms with E-state index < -0.39 is 5.97 Å². The van der Waals surface area contributed by atoms with Crippen molar-refractivity contribution in [2.45, 2.75) is 32.1 Å². The molecule has 2 aromatic rings. The molecule has 1 N–H and O–H groups in total. The summed E-state index contributed by atoms with van der Waals surface area (Å²) in [6, 6.07) is 14.5. The summed E-state index contributed by atoms with van der Waals surface area (Å²) in [4.78, 5) is 23.6. The predicted octanol–water partition coefficient (Wildman–Crippen LogP) is 4.73. The lowest BCUT2D eigenvalue weighted by atomic mass is 9.89. The molecule has 2 aromatic carbocycles. The molecule has 0 spiro atoms. The summed E-state index contributed by atoms with van der Waals surface area (Å²) >= 11 is 5.87. The summed E-state index contributed by atoms with van der Waals surface area (Å²) in [6.45, 7) is 2.06. The second kappa shape index (κ2) is 7.93. The monoisotopic (exact) mass is 330 g/mol. The first-order chi connectivity index (χ1) is 11.0. The zero-order valence-electron chi connectivity index (χ0n) is 13.0. The van der Waals surface area contributed by atoms with Crippen LogP contribution >= 0.6 is 11.6 Å². The van der Waals surface area contributed by atoms with Crippen molar-refractivity contribution >= 4 is 23.4 Å². The lowest BCUT2D eigenvalue weighted by molar-refractivity contribution is -0.137. The fraction of sp³-hybridized carbons (Fsp3) is 0.263. The number of aryl methyl sites for hydroxylation is 1. The quantitative estimate of drug-likeness (QED) is 0.746. The number of ketones is 1. The predicted molar refractivity (Wildman–Crippen MR) is 91.2 cm³/mol. The number of benzene rings is 2. The Labute approximate surface area is 140 Å². The molecule has 0 saturated carbocycles. The Bertz CT molecular complexity index is 675. The second-order valence-corrected chi connectivity index (χ2v) is 5.96. The highest BCUT2D eigenvalue weighted by atomic mass is 35.5. The van der Waals surface area contributed by atoms with E-state index in [0.29, 0.717) is 10.6 Å². The fourth-order valence-corrected chi connectivity index (χ4v) is 2.65. The zero-order valence-corrected chi connectivity index (χ0v) is 13.7. The average Bonchev–Trinajstić information content (AvgIpc) is 2.54. The van der Waals surface area contributed by atoms with E-state index in [1.165, 1.54) is 5.56 Å². The lowest BCUT2D eigenvalue weighted by Crippen LogP contribution is -2.12. The van der Waals surface area contributed by atoms with E-state index in [1.807, 2.05) is 12.1 Å². The number of hydrogen-bond donors (Lipinski definition) is 1. The average molecular weight is 331 g/mol. The van der Waals surface area contributed by atoms with Gasteiger partial charge in [-0.1, -0.05) is 54.9 Å². The maximum Gasteiger partial charge on any atom is 0.303 e. The van der Waals surface area contributed by atoms with Gasteiger partial charge in [-0.05, 0) is 29.7 Å². The van der Waals surface area contributed by atoms with Crippen molar-refractivity contribution in [2.75, 3.05) is 0 Å². The molecule has 23 heavy (non-hydrogen) atoms. The summed E-state index contributed by atoms with van der Waals surface area (Å²) in [5.41, 5.74) is 2.60. The van der Waals surface area contributed by atoms with Crippen molar-refractivity contribution in [2.24, 2.45) is 0 Å². The first kappa shape index (κ1) is 17.2. The molecule has 0 heterocycles. The Kier molecular flexibility index (Phi) is 5.94. The standard InChI is InChI=1S/C19H19ClO3/c1-2-13-3-5-15(6-4-13)18(21)11-16(12-19(22)23)14-7-9-17(20)10-8-14/h3-10,16H,2,11-12H2,1H3,(H,22,23). The van der Waals surface area contributed by atoms with Crippen LogP contribution in [0.5, 0.6) is 0 Å². The molecule has 3 nitrogen and oxygen atoms in total. The van der Waals surface area contributed by atoms with Gasteiger partial charge in [0, 0.05) is 22.9 Å². The highest BCUT2D eigenvalue weighted by molar-refractivity contribution is 6.30. The molecule has 1 unspecified atom stereocenters. The van der Waals surface area contributed by atoms with E-state index in [2.05, 4.69) is 6.92 Å². The number of carboxylic acids is 1. The van der Waals surface area contributed by atoms with E-state index in [-0.39, 0.29) is 24.5 Å². The number of carboxylic acid groups (broad SMARTS) is 1. The molecule has 2 rings (SSSR count). The molecule has 0 aliphatic rings. The van der Waals surface area contributed by atoms with Crippen molar-refractivity contribution in [3.8, 4) is 0 Å². The molecule has 120 valence electrons. The van der Waals surface area contributed by atoms with Gasteiger partial charge in [-0.15, -0.1) is 0 Å². The van der Waals surface area contributed by atoms with E-state index in [1.54, 1.807) is 36.4 Å². The van der Waals surface area contributed by atoms with Gasteiger partial charge >= 0.3 is 5.97 Å². The molecule has 1 atom stereocenters. The third-order valence-electron chi connectivity index (χ3n) is 3.88. The molecule has 0 amide bonds. The van der Waals surface area contributed by atoms with Gasteiger partial charge in [0.1, 0.15) is 0 Å². The fourth-order valence-electron chi connectivity index (χ4n) is 2.52. The summed E-state index contributed by atoms with van der Waals surface area (Å²) in [7, 11) is 0. The molecule has 0 fully saturated rings.